The molecule has 3 aliphatic rings. The summed E-state index contributed by atoms with van der Waals surface area (Å²) in [5.41, 5.74) is 0.703. The van der Waals surface area contributed by atoms with Crippen molar-refractivity contribution in [2.75, 3.05) is 33.6 Å². The van der Waals surface area contributed by atoms with Gasteiger partial charge in [0.05, 0.1) is 25.2 Å². The molecule has 1 unspecified atom stereocenters. The molecule has 3 aliphatic heterocycles. The number of hydrogen-bond acceptors (Lipinski definition) is 7. The monoisotopic (exact) mass is 365 g/mol. The maximum atomic E-state index is 12.8. The molecule has 10 heteroatoms. The lowest BCUT2D eigenvalue weighted by Gasteiger charge is -2.34. The van der Waals surface area contributed by atoms with Gasteiger partial charge in [-0.25, -0.2) is 9.89 Å². The number of thioether (sulfide) groups is 1. The number of aliphatic imine (C=N–C) groups is 1. The predicted molar refractivity (Wildman–Crippen MR) is 89.0 cm³/mol. The maximum absolute atomic E-state index is 12.8. The quantitative estimate of drug-likeness (QED) is 0.573. The fourth-order valence-corrected chi connectivity index (χ4v) is 4.21. The number of nitro groups is 1. The van der Waals surface area contributed by atoms with E-state index in [9.17, 15) is 14.9 Å². The second-order valence-corrected chi connectivity index (χ2v) is 7.70. The Labute approximate surface area is 147 Å². The maximum Gasteiger partial charge on any atom is 0.269 e. The number of amidine groups is 1. The summed E-state index contributed by atoms with van der Waals surface area (Å²) in [5, 5.41) is 11.5. The Morgan fingerprint density at radius 3 is 2.68 bits per heavy atom. The third-order valence-corrected chi connectivity index (χ3v) is 5.71. The van der Waals surface area contributed by atoms with Gasteiger partial charge in [0.2, 0.25) is 0 Å². The molecular weight excluding hydrogens is 348 g/mol. The molecule has 0 aliphatic carbocycles. The van der Waals surface area contributed by atoms with Gasteiger partial charge in [-0.3, -0.25) is 14.9 Å². The highest BCUT2D eigenvalue weighted by Crippen LogP contribution is 2.42. The van der Waals surface area contributed by atoms with Crippen LogP contribution < -0.4 is 4.90 Å². The van der Waals surface area contributed by atoms with Crippen LogP contribution in [-0.4, -0.2) is 59.2 Å². The van der Waals surface area contributed by atoms with E-state index in [1.807, 2.05) is 7.05 Å². The molecule has 1 aromatic carbocycles. The van der Waals surface area contributed by atoms with Crippen LogP contribution in [0, 0.1) is 10.1 Å². The molecule has 9 nitrogen and oxygen atoms in total. The van der Waals surface area contributed by atoms with E-state index in [0.29, 0.717) is 18.9 Å². The number of benzene rings is 1. The van der Waals surface area contributed by atoms with E-state index in [-0.39, 0.29) is 24.8 Å². The van der Waals surface area contributed by atoms with E-state index < -0.39 is 16.0 Å². The van der Waals surface area contributed by atoms with Gasteiger partial charge in [0, 0.05) is 17.7 Å². The van der Waals surface area contributed by atoms with E-state index in [1.54, 1.807) is 17.0 Å². The van der Waals surface area contributed by atoms with Crippen LogP contribution in [0.3, 0.4) is 0 Å². The molecule has 132 valence electrons. The predicted octanol–water partition coefficient (Wildman–Crippen LogP) is -0.246. The van der Waals surface area contributed by atoms with Crippen LogP contribution in [0.25, 0.3) is 0 Å². The van der Waals surface area contributed by atoms with Crippen LogP contribution in [0.15, 0.2) is 29.3 Å². The average Bonchev–Trinajstić information content (AvgIpc) is 2.88. The summed E-state index contributed by atoms with van der Waals surface area (Å²) < 4.78 is 10.8. The van der Waals surface area contributed by atoms with Crippen molar-refractivity contribution in [1.82, 2.24) is 4.90 Å². The summed E-state index contributed by atoms with van der Waals surface area (Å²) in [6, 6.07) is 6.04. The number of amides is 1. The third kappa shape index (κ3) is 2.80. The van der Waals surface area contributed by atoms with E-state index >= 15 is 0 Å². The smallest absolute Gasteiger partial charge is 0.269 e. The second-order valence-electron chi connectivity index (χ2n) is 6.35. The number of hydrogen-bond donors (Lipinski definition) is 1. The van der Waals surface area contributed by atoms with Crippen LogP contribution in [0.2, 0.25) is 0 Å². The first kappa shape index (κ1) is 16.5. The van der Waals surface area contributed by atoms with Crippen molar-refractivity contribution in [3.05, 3.63) is 39.9 Å². The number of nitrogens with zero attached hydrogens (tertiary/aromatic N) is 3. The van der Waals surface area contributed by atoms with Gasteiger partial charge < -0.3 is 14.4 Å². The Bertz CT molecular complexity index is 745. The van der Waals surface area contributed by atoms with Gasteiger partial charge in [0.1, 0.15) is 4.75 Å². The van der Waals surface area contributed by atoms with Crippen LogP contribution in [0.5, 0.6) is 0 Å². The van der Waals surface area contributed by atoms with Gasteiger partial charge in [0.15, 0.2) is 24.8 Å². The van der Waals surface area contributed by atoms with Crippen LogP contribution in [0.1, 0.15) is 11.9 Å². The minimum absolute atomic E-state index is 0.0130. The van der Waals surface area contributed by atoms with Crippen molar-refractivity contribution in [2.24, 2.45) is 4.99 Å². The van der Waals surface area contributed by atoms with E-state index in [0.717, 1.165) is 10.1 Å². The molecule has 2 fully saturated rings. The number of non-ortho nitro benzene ring substituents is 1. The minimum Gasteiger partial charge on any atom is -0.346 e. The van der Waals surface area contributed by atoms with Gasteiger partial charge in [-0.2, -0.15) is 0 Å². The molecule has 3 heterocycles. The van der Waals surface area contributed by atoms with Gasteiger partial charge in [-0.15, -0.1) is 0 Å². The molecule has 1 N–H and O–H groups in total. The summed E-state index contributed by atoms with van der Waals surface area (Å²) in [6.45, 7) is 1.67. The van der Waals surface area contributed by atoms with E-state index in [4.69, 9.17) is 9.47 Å². The van der Waals surface area contributed by atoms with Crippen LogP contribution in [0.4, 0.5) is 5.69 Å². The fourth-order valence-electron chi connectivity index (χ4n) is 3.02. The second kappa shape index (κ2) is 6.06. The normalized spacial score (nSPS) is 31.8. The molecule has 0 aromatic heterocycles. The lowest BCUT2D eigenvalue weighted by molar-refractivity contribution is -0.888. The Hall–Kier alpha value is -2.01. The molecule has 2 saturated heterocycles. The zero-order valence-corrected chi connectivity index (χ0v) is 14.3. The number of rotatable bonds is 2. The molecule has 0 radical (unpaired) electrons. The summed E-state index contributed by atoms with van der Waals surface area (Å²) >= 11 is 1.41. The van der Waals surface area contributed by atoms with Crippen LogP contribution >= 0.6 is 11.8 Å². The number of carbonyl (C=O) groups excluding carboxylic acids is 1. The fraction of sp³-hybridized carbons (Fsp3) is 0.467. The zero-order chi connectivity index (χ0) is 17.6. The van der Waals surface area contributed by atoms with Crippen molar-refractivity contribution in [3.63, 3.8) is 0 Å². The molecular formula is C15H17N4O5S+. The molecule has 0 bridgehead atoms. The Kier molecular flexibility index (Phi) is 3.99. The lowest BCUT2D eigenvalue weighted by Crippen LogP contribution is -3.11. The molecule has 1 amide bonds. The SMILES string of the molecule is C[NH+]1CN=C2SC3(COC(c4ccc([N+](=O)[O-])cc4)OC3)C(=O)N2C1. The number of fused-ring (bicyclic) bond motifs is 1. The Morgan fingerprint density at radius 2 is 2.04 bits per heavy atom. The first-order valence-electron chi connectivity index (χ1n) is 7.83. The number of nitro benzene ring substituents is 1. The molecule has 1 aromatic rings. The van der Waals surface area contributed by atoms with Gasteiger partial charge in [-0.1, -0.05) is 11.8 Å². The van der Waals surface area contributed by atoms with Crippen molar-refractivity contribution >= 4 is 28.5 Å². The van der Waals surface area contributed by atoms with E-state index in [2.05, 4.69) is 4.99 Å². The molecule has 1 atom stereocenters. The van der Waals surface area contributed by atoms with Crippen molar-refractivity contribution in [1.29, 1.82) is 0 Å². The summed E-state index contributed by atoms with van der Waals surface area (Å²) in [5.74, 6) is -0.0301. The molecule has 1 spiro atoms. The van der Waals surface area contributed by atoms with Crippen LogP contribution in [-0.2, 0) is 14.3 Å². The van der Waals surface area contributed by atoms with E-state index in [1.165, 1.54) is 23.9 Å². The number of carbonyl (C=O) groups is 1. The van der Waals surface area contributed by atoms with Gasteiger partial charge >= 0.3 is 0 Å². The zero-order valence-electron chi connectivity index (χ0n) is 13.5. The third-order valence-electron chi connectivity index (χ3n) is 4.38. The summed E-state index contributed by atoms with van der Waals surface area (Å²) in [4.78, 5) is 30.4. The number of nitrogens with one attached hydrogen (secondary N) is 1. The first-order valence-corrected chi connectivity index (χ1v) is 8.64. The Morgan fingerprint density at radius 1 is 1.36 bits per heavy atom. The topological polar surface area (TPSA) is 98.7 Å². The molecule has 0 saturated carbocycles. The van der Waals surface area contributed by atoms with Crippen molar-refractivity contribution in [3.8, 4) is 0 Å². The standard InChI is InChI=1S/C15H16N4O5S/c1-17-8-16-14-18(9-17)13(20)15(25-14)6-23-12(24-7-15)10-2-4-11(5-3-10)19(21)22/h2-5,12H,6-9H2,1H3/p+1. The summed E-state index contributed by atoms with van der Waals surface area (Å²) in [6.07, 6.45) is -0.632. The van der Waals surface area contributed by atoms with Crippen molar-refractivity contribution < 1.29 is 24.1 Å². The van der Waals surface area contributed by atoms with Gasteiger partial charge in [0.25, 0.3) is 11.6 Å². The molecule has 25 heavy (non-hydrogen) atoms. The van der Waals surface area contributed by atoms with Gasteiger partial charge in [-0.05, 0) is 12.1 Å². The average molecular weight is 365 g/mol. The number of ether oxygens (including phenoxy) is 2. The number of quaternary nitrogens is 1. The molecule has 4 rings (SSSR count). The largest absolute Gasteiger partial charge is 0.346 e. The summed E-state index contributed by atoms with van der Waals surface area (Å²) in [7, 11) is 1.99. The minimum atomic E-state index is -0.791. The van der Waals surface area contributed by atoms with Crippen molar-refractivity contribution in [2.45, 2.75) is 11.0 Å². The Balaban J connectivity index is 1.46. The highest BCUT2D eigenvalue weighted by molar-refractivity contribution is 8.16. The lowest BCUT2D eigenvalue weighted by atomic mass is 10.1. The highest BCUT2D eigenvalue weighted by atomic mass is 32.2. The first-order chi connectivity index (χ1) is 12.0. The highest BCUT2D eigenvalue weighted by Gasteiger charge is 2.56.